The molecule has 20 heavy (non-hydrogen) atoms. The molecule has 106 valence electrons. The minimum absolute atomic E-state index is 0.452. The molecule has 0 saturated carbocycles. The molecule has 4 heteroatoms. The van der Waals surface area contributed by atoms with E-state index in [4.69, 9.17) is 5.73 Å². The molecular formula is C16H20BrN3. The fourth-order valence-electron chi connectivity index (χ4n) is 2.22. The van der Waals surface area contributed by atoms with Crippen molar-refractivity contribution in [3.05, 3.63) is 45.7 Å². The molecule has 1 aromatic heterocycles. The van der Waals surface area contributed by atoms with Gasteiger partial charge in [0.05, 0.1) is 0 Å². The Morgan fingerprint density at radius 2 is 1.85 bits per heavy atom. The second-order valence-corrected chi connectivity index (χ2v) is 6.17. The van der Waals surface area contributed by atoms with Crippen LogP contribution >= 0.6 is 15.9 Å². The van der Waals surface area contributed by atoms with Crippen molar-refractivity contribution in [1.29, 1.82) is 0 Å². The van der Waals surface area contributed by atoms with Crippen molar-refractivity contribution in [1.82, 2.24) is 9.97 Å². The Hall–Kier alpha value is -1.26. The Balaban J connectivity index is 2.40. The van der Waals surface area contributed by atoms with Gasteiger partial charge in [0, 0.05) is 21.4 Å². The van der Waals surface area contributed by atoms with Gasteiger partial charge >= 0.3 is 0 Å². The predicted molar refractivity (Wildman–Crippen MR) is 86.6 cm³/mol. The van der Waals surface area contributed by atoms with Crippen molar-refractivity contribution in [2.75, 3.05) is 6.54 Å². The highest BCUT2D eigenvalue weighted by Gasteiger charge is 2.12. The van der Waals surface area contributed by atoms with Crippen molar-refractivity contribution < 1.29 is 0 Å². The first-order valence-electron chi connectivity index (χ1n) is 6.81. The Bertz CT molecular complexity index is 587. The number of halogens is 1. The summed E-state index contributed by atoms with van der Waals surface area (Å²) in [4.78, 5) is 9.32. The van der Waals surface area contributed by atoms with Crippen LogP contribution in [0, 0.1) is 19.8 Å². The molecule has 0 spiro atoms. The van der Waals surface area contributed by atoms with Crippen molar-refractivity contribution in [2.45, 2.75) is 27.2 Å². The summed E-state index contributed by atoms with van der Waals surface area (Å²) >= 11 is 3.48. The van der Waals surface area contributed by atoms with E-state index in [1.807, 2.05) is 24.3 Å². The van der Waals surface area contributed by atoms with Gasteiger partial charge in [0.1, 0.15) is 0 Å². The average molecular weight is 334 g/mol. The Kier molecular flexibility index (Phi) is 4.89. The molecule has 0 saturated heterocycles. The summed E-state index contributed by atoms with van der Waals surface area (Å²) in [5.74, 6) is 1.23. The number of hydrogen-bond donors (Lipinski definition) is 1. The standard InChI is InChI=1S/C16H20BrN3/c1-10(9-18)7-15-11(2)19-16(20-12(15)3)13-5-4-6-14(17)8-13/h4-6,8,10H,7,9,18H2,1-3H3. The number of aromatic nitrogens is 2. The minimum Gasteiger partial charge on any atom is -0.330 e. The van der Waals surface area contributed by atoms with Crippen LogP contribution in [0.1, 0.15) is 23.9 Å². The normalized spacial score (nSPS) is 12.4. The third-order valence-electron chi connectivity index (χ3n) is 3.46. The second kappa shape index (κ2) is 6.46. The molecule has 0 amide bonds. The van der Waals surface area contributed by atoms with Gasteiger partial charge in [-0.3, -0.25) is 0 Å². The molecule has 0 aliphatic rings. The fraction of sp³-hybridized carbons (Fsp3) is 0.375. The summed E-state index contributed by atoms with van der Waals surface area (Å²) in [6, 6.07) is 8.07. The van der Waals surface area contributed by atoms with Crippen LogP contribution in [0.25, 0.3) is 11.4 Å². The fourth-order valence-corrected chi connectivity index (χ4v) is 2.62. The van der Waals surface area contributed by atoms with E-state index in [-0.39, 0.29) is 0 Å². The van der Waals surface area contributed by atoms with E-state index in [9.17, 15) is 0 Å². The molecule has 0 aliphatic heterocycles. The van der Waals surface area contributed by atoms with Gasteiger partial charge in [-0.2, -0.15) is 0 Å². The maximum Gasteiger partial charge on any atom is 0.159 e. The second-order valence-electron chi connectivity index (χ2n) is 5.25. The highest BCUT2D eigenvalue weighted by molar-refractivity contribution is 9.10. The summed E-state index contributed by atoms with van der Waals surface area (Å²) in [5.41, 5.74) is 10.1. The molecule has 0 bridgehead atoms. The van der Waals surface area contributed by atoms with Crippen LogP contribution in [-0.4, -0.2) is 16.5 Å². The lowest BCUT2D eigenvalue weighted by atomic mass is 9.99. The molecule has 1 atom stereocenters. The summed E-state index contributed by atoms with van der Waals surface area (Å²) in [6.07, 6.45) is 0.937. The van der Waals surface area contributed by atoms with Crippen LogP contribution in [0.5, 0.6) is 0 Å². The summed E-state index contributed by atoms with van der Waals surface area (Å²) in [5, 5.41) is 0. The van der Waals surface area contributed by atoms with Crippen LogP contribution in [0.15, 0.2) is 28.7 Å². The third-order valence-corrected chi connectivity index (χ3v) is 3.95. The first-order chi connectivity index (χ1) is 9.51. The third kappa shape index (κ3) is 3.44. The molecule has 1 heterocycles. The van der Waals surface area contributed by atoms with Gasteiger partial charge in [-0.25, -0.2) is 9.97 Å². The lowest BCUT2D eigenvalue weighted by Crippen LogP contribution is -2.15. The summed E-state index contributed by atoms with van der Waals surface area (Å²) < 4.78 is 1.04. The van der Waals surface area contributed by atoms with E-state index in [1.54, 1.807) is 0 Å². The van der Waals surface area contributed by atoms with E-state index in [1.165, 1.54) is 5.56 Å². The Labute approximate surface area is 128 Å². The van der Waals surface area contributed by atoms with Gasteiger partial charge in [0.15, 0.2) is 5.82 Å². The number of nitrogens with two attached hydrogens (primary N) is 1. The number of benzene rings is 1. The van der Waals surface area contributed by atoms with Gasteiger partial charge in [-0.1, -0.05) is 35.0 Å². The molecule has 0 aliphatic carbocycles. The van der Waals surface area contributed by atoms with Crippen molar-refractivity contribution >= 4 is 15.9 Å². The van der Waals surface area contributed by atoms with Gasteiger partial charge < -0.3 is 5.73 Å². The van der Waals surface area contributed by atoms with Crippen LogP contribution < -0.4 is 5.73 Å². The van der Waals surface area contributed by atoms with Crippen molar-refractivity contribution in [3.63, 3.8) is 0 Å². The van der Waals surface area contributed by atoms with Gasteiger partial charge in [-0.15, -0.1) is 0 Å². The topological polar surface area (TPSA) is 51.8 Å². The van der Waals surface area contributed by atoms with E-state index in [0.717, 1.165) is 33.7 Å². The lowest BCUT2D eigenvalue weighted by molar-refractivity contribution is 0.586. The Morgan fingerprint density at radius 1 is 1.20 bits per heavy atom. The summed E-state index contributed by atoms with van der Waals surface area (Å²) in [6.45, 7) is 6.94. The lowest BCUT2D eigenvalue weighted by Gasteiger charge is -2.14. The molecule has 1 aromatic carbocycles. The first kappa shape index (κ1) is 15.1. The molecule has 1 unspecified atom stereocenters. The van der Waals surface area contributed by atoms with E-state index in [2.05, 4.69) is 46.7 Å². The van der Waals surface area contributed by atoms with Crippen LogP contribution in [0.2, 0.25) is 0 Å². The van der Waals surface area contributed by atoms with E-state index < -0.39 is 0 Å². The minimum atomic E-state index is 0.452. The number of rotatable bonds is 4. The van der Waals surface area contributed by atoms with Gasteiger partial charge in [0.2, 0.25) is 0 Å². The highest BCUT2D eigenvalue weighted by Crippen LogP contribution is 2.23. The number of nitrogens with zero attached hydrogens (tertiary/aromatic N) is 2. The number of aryl methyl sites for hydroxylation is 2. The molecule has 0 fully saturated rings. The van der Waals surface area contributed by atoms with Crippen molar-refractivity contribution in [2.24, 2.45) is 11.7 Å². The van der Waals surface area contributed by atoms with Crippen LogP contribution in [0.4, 0.5) is 0 Å². The largest absolute Gasteiger partial charge is 0.330 e. The predicted octanol–water partition coefficient (Wildman–Crippen LogP) is 3.66. The van der Waals surface area contributed by atoms with E-state index in [0.29, 0.717) is 12.5 Å². The van der Waals surface area contributed by atoms with Gasteiger partial charge in [-0.05, 0) is 50.4 Å². The molecule has 0 radical (unpaired) electrons. The Morgan fingerprint density at radius 3 is 2.40 bits per heavy atom. The van der Waals surface area contributed by atoms with Gasteiger partial charge in [0.25, 0.3) is 0 Å². The quantitative estimate of drug-likeness (QED) is 0.928. The van der Waals surface area contributed by atoms with Crippen molar-refractivity contribution in [3.8, 4) is 11.4 Å². The molecular weight excluding hydrogens is 314 g/mol. The highest BCUT2D eigenvalue weighted by atomic mass is 79.9. The molecule has 3 nitrogen and oxygen atoms in total. The SMILES string of the molecule is Cc1nc(-c2cccc(Br)c2)nc(C)c1CC(C)CN. The first-order valence-corrected chi connectivity index (χ1v) is 7.60. The summed E-state index contributed by atoms with van der Waals surface area (Å²) in [7, 11) is 0. The number of hydrogen-bond acceptors (Lipinski definition) is 3. The smallest absolute Gasteiger partial charge is 0.159 e. The van der Waals surface area contributed by atoms with Crippen LogP contribution in [0.3, 0.4) is 0 Å². The monoisotopic (exact) mass is 333 g/mol. The molecule has 2 aromatic rings. The maximum absolute atomic E-state index is 5.71. The average Bonchev–Trinajstić information content (AvgIpc) is 2.42. The molecule has 2 rings (SSSR count). The van der Waals surface area contributed by atoms with Crippen LogP contribution in [-0.2, 0) is 6.42 Å². The zero-order valence-corrected chi connectivity index (χ0v) is 13.7. The van der Waals surface area contributed by atoms with E-state index >= 15 is 0 Å². The zero-order valence-electron chi connectivity index (χ0n) is 12.2. The molecule has 2 N–H and O–H groups in total. The zero-order chi connectivity index (χ0) is 14.7. The maximum atomic E-state index is 5.71.